The van der Waals surface area contributed by atoms with Crippen molar-refractivity contribution >= 4 is 55.1 Å². The van der Waals surface area contributed by atoms with Gasteiger partial charge in [-0.05, 0) is 66.4 Å². The number of sulfonamides is 1. The molecule has 4 aromatic rings. The highest BCUT2D eigenvalue weighted by Gasteiger charge is 2.35. The number of carbonyl (C=O) groups excluding carboxylic acids is 2. The highest BCUT2D eigenvalue weighted by atomic mass is 79.9. The SMILES string of the molecule is O=C(NC1CCCC1)[C@@H](Cc1ccccc1)N(Cc1cccc(Br)c1)C(=O)CN(c1cccc(Cl)c1)S(=O)(=O)c1ccccc1. The lowest BCUT2D eigenvalue weighted by Crippen LogP contribution is -2.54. The van der Waals surface area contributed by atoms with Crippen molar-refractivity contribution in [3.63, 3.8) is 0 Å². The molecular weight excluding hydrogens is 674 g/mol. The molecule has 45 heavy (non-hydrogen) atoms. The monoisotopic (exact) mass is 707 g/mol. The lowest BCUT2D eigenvalue weighted by atomic mass is 10.0. The molecule has 0 unspecified atom stereocenters. The Kier molecular flexibility index (Phi) is 11.0. The molecular formula is C35H35BrClN3O4S. The molecule has 2 amide bonds. The van der Waals surface area contributed by atoms with Crippen LogP contribution in [-0.2, 0) is 32.6 Å². The summed E-state index contributed by atoms with van der Waals surface area (Å²) in [6.07, 6.45) is 4.13. The number of hydrogen-bond acceptors (Lipinski definition) is 4. The van der Waals surface area contributed by atoms with E-state index < -0.39 is 28.5 Å². The fourth-order valence-corrected chi connectivity index (χ4v) is 7.69. The molecule has 5 rings (SSSR count). The lowest BCUT2D eigenvalue weighted by molar-refractivity contribution is -0.140. The van der Waals surface area contributed by atoms with E-state index in [9.17, 15) is 18.0 Å². The molecule has 4 aromatic carbocycles. The topological polar surface area (TPSA) is 86.8 Å². The first-order valence-corrected chi connectivity index (χ1v) is 17.5. The molecule has 1 aliphatic rings. The number of hydrogen-bond donors (Lipinski definition) is 1. The second-order valence-corrected chi connectivity index (χ2v) is 14.4. The van der Waals surface area contributed by atoms with E-state index in [-0.39, 0.29) is 35.5 Å². The predicted molar refractivity (Wildman–Crippen MR) is 181 cm³/mol. The normalized spacial score (nSPS) is 14.1. The van der Waals surface area contributed by atoms with Crippen LogP contribution in [0.5, 0.6) is 0 Å². The Bertz CT molecular complexity index is 1720. The maximum atomic E-state index is 14.5. The van der Waals surface area contributed by atoms with Gasteiger partial charge in [-0.3, -0.25) is 13.9 Å². The van der Waals surface area contributed by atoms with E-state index in [0.29, 0.717) is 5.02 Å². The molecule has 0 spiro atoms. The van der Waals surface area contributed by atoms with E-state index in [1.54, 1.807) is 36.4 Å². The van der Waals surface area contributed by atoms with Gasteiger partial charge in [-0.25, -0.2) is 8.42 Å². The first-order valence-electron chi connectivity index (χ1n) is 14.9. The lowest BCUT2D eigenvalue weighted by Gasteiger charge is -2.34. The van der Waals surface area contributed by atoms with E-state index in [1.165, 1.54) is 23.1 Å². The molecule has 1 saturated carbocycles. The number of carbonyl (C=O) groups is 2. The van der Waals surface area contributed by atoms with Crippen LogP contribution in [0, 0.1) is 0 Å². The van der Waals surface area contributed by atoms with Gasteiger partial charge in [0.15, 0.2) is 0 Å². The fraction of sp³-hybridized carbons (Fsp3) is 0.257. The molecule has 1 atom stereocenters. The number of benzene rings is 4. The average molecular weight is 709 g/mol. The van der Waals surface area contributed by atoms with Gasteiger partial charge >= 0.3 is 0 Å². The number of nitrogens with zero attached hydrogens (tertiary/aromatic N) is 2. The van der Waals surface area contributed by atoms with Gasteiger partial charge in [0.1, 0.15) is 12.6 Å². The van der Waals surface area contributed by atoms with Crippen LogP contribution in [0.25, 0.3) is 0 Å². The molecule has 7 nitrogen and oxygen atoms in total. The fourth-order valence-electron chi connectivity index (χ4n) is 5.63. The smallest absolute Gasteiger partial charge is 0.264 e. The summed E-state index contributed by atoms with van der Waals surface area (Å²) in [5, 5.41) is 3.52. The van der Waals surface area contributed by atoms with Gasteiger partial charge in [-0.15, -0.1) is 0 Å². The van der Waals surface area contributed by atoms with Crippen molar-refractivity contribution in [3.05, 3.63) is 130 Å². The third-order valence-corrected chi connectivity index (χ3v) is 10.4. The highest BCUT2D eigenvalue weighted by molar-refractivity contribution is 9.10. The largest absolute Gasteiger partial charge is 0.352 e. The standard InChI is InChI=1S/C35H35BrClN3O4S/c36-28-14-9-13-27(21-28)24-39(33(22-26-11-3-1-4-12-26)35(42)38-30-16-7-8-17-30)34(41)25-40(31-18-10-15-29(37)23-31)45(43,44)32-19-5-2-6-20-32/h1-6,9-15,18-21,23,30,33H,7-8,16-17,22,24-25H2,(H,38,42)/t33-/m1/s1. The molecule has 0 saturated heterocycles. The molecule has 0 aromatic heterocycles. The summed E-state index contributed by atoms with van der Waals surface area (Å²) in [7, 11) is -4.18. The van der Waals surface area contributed by atoms with E-state index in [1.807, 2.05) is 54.6 Å². The summed E-state index contributed by atoms with van der Waals surface area (Å²) in [5.74, 6) is -0.772. The number of halogens is 2. The predicted octanol–water partition coefficient (Wildman–Crippen LogP) is 7.00. The summed E-state index contributed by atoms with van der Waals surface area (Å²) in [6, 6.07) is 30.6. The minimum atomic E-state index is -4.18. The maximum Gasteiger partial charge on any atom is 0.264 e. The van der Waals surface area contributed by atoms with Gasteiger partial charge in [0.2, 0.25) is 11.8 Å². The molecule has 0 heterocycles. The number of anilines is 1. The van der Waals surface area contributed by atoms with Gasteiger partial charge in [0.05, 0.1) is 10.6 Å². The molecule has 234 valence electrons. The van der Waals surface area contributed by atoms with Crippen LogP contribution in [0.15, 0.2) is 119 Å². The minimum Gasteiger partial charge on any atom is -0.352 e. The zero-order chi connectivity index (χ0) is 31.8. The van der Waals surface area contributed by atoms with Crippen molar-refractivity contribution in [2.45, 2.75) is 55.6 Å². The Morgan fingerprint density at radius 3 is 2.16 bits per heavy atom. The van der Waals surface area contributed by atoms with Crippen LogP contribution in [0.2, 0.25) is 5.02 Å². The third-order valence-electron chi connectivity index (χ3n) is 7.92. The molecule has 1 N–H and O–H groups in total. The Labute approximate surface area is 278 Å². The van der Waals surface area contributed by atoms with Crippen LogP contribution in [0.1, 0.15) is 36.8 Å². The quantitative estimate of drug-likeness (QED) is 0.172. The van der Waals surface area contributed by atoms with Crippen molar-refractivity contribution in [1.29, 1.82) is 0 Å². The Morgan fingerprint density at radius 2 is 1.49 bits per heavy atom. The first kappa shape index (κ1) is 32.7. The summed E-state index contributed by atoms with van der Waals surface area (Å²) >= 11 is 9.81. The highest BCUT2D eigenvalue weighted by Crippen LogP contribution is 2.27. The third kappa shape index (κ3) is 8.54. The van der Waals surface area contributed by atoms with Crippen molar-refractivity contribution in [1.82, 2.24) is 10.2 Å². The van der Waals surface area contributed by atoms with Gasteiger partial charge in [-0.1, -0.05) is 107 Å². The van der Waals surface area contributed by atoms with E-state index in [4.69, 9.17) is 11.6 Å². The van der Waals surface area contributed by atoms with Gasteiger partial charge in [-0.2, -0.15) is 0 Å². The molecule has 0 bridgehead atoms. The Balaban J connectivity index is 1.56. The first-order chi connectivity index (χ1) is 21.7. The van der Waals surface area contributed by atoms with E-state index >= 15 is 0 Å². The molecule has 1 fully saturated rings. The average Bonchev–Trinajstić information content (AvgIpc) is 3.55. The van der Waals surface area contributed by atoms with Crippen LogP contribution in [0.4, 0.5) is 5.69 Å². The number of nitrogens with one attached hydrogen (secondary N) is 1. The number of amides is 2. The molecule has 1 aliphatic carbocycles. The minimum absolute atomic E-state index is 0.0381. The van der Waals surface area contributed by atoms with Crippen molar-refractivity contribution in [2.24, 2.45) is 0 Å². The summed E-state index contributed by atoms with van der Waals surface area (Å²) in [5.41, 5.74) is 1.93. The van der Waals surface area contributed by atoms with Gasteiger partial charge in [0.25, 0.3) is 10.0 Å². The van der Waals surface area contributed by atoms with Crippen LogP contribution >= 0.6 is 27.5 Å². The summed E-state index contributed by atoms with van der Waals surface area (Å²) in [6.45, 7) is -0.434. The second-order valence-electron chi connectivity index (χ2n) is 11.2. The van der Waals surface area contributed by atoms with Gasteiger partial charge < -0.3 is 10.2 Å². The summed E-state index contributed by atoms with van der Waals surface area (Å²) in [4.78, 5) is 30.2. The molecule has 0 radical (unpaired) electrons. The Morgan fingerprint density at radius 1 is 0.844 bits per heavy atom. The zero-order valence-electron chi connectivity index (χ0n) is 24.7. The maximum absolute atomic E-state index is 14.5. The second kappa shape index (κ2) is 15.1. The van der Waals surface area contributed by atoms with Crippen LogP contribution < -0.4 is 9.62 Å². The summed E-state index contributed by atoms with van der Waals surface area (Å²) < 4.78 is 30.0. The molecule has 10 heteroatoms. The zero-order valence-corrected chi connectivity index (χ0v) is 27.8. The van der Waals surface area contributed by atoms with Crippen molar-refractivity contribution in [2.75, 3.05) is 10.8 Å². The van der Waals surface area contributed by atoms with Crippen LogP contribution in [0.3, 0.4) is 0 Å². The van der Waals surface area contributed by atoms with Crippen molar-refractivity contribution in [3.8, 4) is 0 Å². The van der Waals surface area contributed by atoms with E-state index in [0.717, 1.165) is 45.6 Å². The van der Waals surface area contributed by atoms with Crippen molar-refractivity contribution < 1.29 is 18.0 Å². The Hall–Kier alpha value is -3.66. The van der Waals surface area contributed by atoms with Gasteiger partial charge in [0, 0.05) is 28.5 Å². The molecule has 0 aliphatic heterocycles. The van der Waals surface area contributed by atoms with E-state index in [2.05, 4.69) is 21.2 Å². The van der Waals surface area contributed by atoms with Crippen LogP contribution in [-0.4, -0.2) is 43.8 Å². The number of rotatable bonds is 12.